The molecular weight excluding hydrogens is 613 g/mol. The molecule has 0 aliphatic heterocycles. The van der Waals surface area contributed by atoms with Gasteiger partial charge in [0.05, 0.1) is 17.1 Å². The molecule has 0 saturated carbocycles. The standard InChI is InChI=1S/C33H31BrFN5O3/c1-5-20(2)32-38-30-14-9-24(34)16-29(30)33(42)40(32)36-18-23-15-21(3)39(22(23)4)27-10-12-28(13-11-27)43-19-31(41)37-26-8-6-7-25(35)17-26/h6-18,20H,5,19H2,1-4H3,(H,37,41)/t20-/m1/s1. The number of fused-ring (bicyclic) bond motifs is 1. The first-order chi connectivity index (χ1) is 20.6. The first kappa shape index (κ1) is 29.9. The molecule has 43 heavy (non-hydrogen) atoms. The number of aryl methyl sites for hydroxylation is 1. The summed E-state index contributed by atoms with van der Waals surface area (Å²) in [5.74, 6) is 0.365. The van der Waals surface area contributed by atoms with E-state index in [9.17, 15) is 14.0 Å². The Labute approximate surface area is 257 Å². The van der Waals surface area contributed by atoms with Crippen molar-refractivity contribution in [3.63, 3.8) is 0 Å². The number of halogens is 2. The number of hydrogen-bond donors (Lipinski definition) is 1. The number of ether oxygens (including phenoxy) is 1. The molecule has 5 rings (SSSR count). The molecule has 8 nitrogen and oxygen atoms in total. The Bertz CT molecular complexity index is 1900. The Hall–Kier alpha value is -4.57. The number of nitrogens with zero attached hydrogens (tertiary/aromatic N) is 4. The zero-order valence-corrected chi connectivity index (χ0v) is 25.9. The maximum atomic E-state index is 13.5. The van der Waals surface area contributed by atoms with E-state index in [1.165, 1.54) is 22.9 Å². The third-order valence-corrected chi connectivity index (χ3v) is 7.74. The largest absolute Gasteiger partial charge is 0.484 e. The SMILES string of the molecule is CC[C@@H](C)c1nc2ccc(Br)cc2c(=O)n1N=Cc1cc(C)n(-c2ccc(OCC(=O)Nc3cccc(F)c3)cc2)c1C. The van der Waals surface area contributed by atoms with Crippen molar-refractivity contribution in [1.29, 1.82) is 0 Å². The Balaban J connectivity index is 1.36. The van der Waals surface area contributed by atoms with Crippen molar-refractivity contribution in [2.45, 2.75) is 40.0 Å². The summed E-state index contributed by atoms with van der Waals surface area (Å²) in [4.78, 5) is 30.5. The minimum absolute atomic E-state index is 0.0403. The lowest BCUT2D eigenvalue weighted by Gasteiger charge is -2.14. The second-order valence-electron chi connectivity index (χ2n) is 10.3. The molecule has 0 spiro atoms. The number of aromatic nitrogens is 3. The molecule has 0 aliphatic carbocycles. The van der Waals surface area contributed by atoms with Crippen LogP contribution in [-0.2, 0) is 4.79 Å². The Morgan fingerprint density at radius 1 is 1.12 bits per heavy atom. The predicted octanol–water partition coefficient (Wildman–Crippen LogP) is 7.12. The highest BCUT2D eigenvalue weighted by atomic mass is 79.9. The number of anilines is 1. The summed E-state index contributed by atoms with van der Waals surface area (Å²) < 4.78 is 23.3. The van der Waals surface area contributed by atoms with E-state index in [1.54, 1.807) is 30.5 Å². The summed E-state index contributed by atoms with van der Waals surface area (Å²) in [6, 6.07) is 20.6. The van der Waals surface area contributed by atoms with E-state index in [0.717, 1.165) is 33.5 Å². The number of amides is 1. The van der Waals surface area contributed by atoms with Gasteiger partial charge in [0.15, 0.2) is 6.61 Å². The molecule has 0 saturated heterocycles. The van der Waals surface area contributed by atoms with Crippen LogP contribution >= 0.6 is 15.9 Å². The summed E-state index contributed by atoms with van der Waals surface area (Å²) >= 11 is 3.45. The molecule has 2 heterocycles. The average Bonchev–Trinajstić information content (AvgIpc) is 3.27. The highest BCUT2D eigenvalue weighted by Crippen LogP contribution is 2.24. The molecule has 0 unspecified atom stereocenters. The van der Waals surface area contributed by atoms with E-state index in [0.29, 0.717) is 28.2 Å². The maximum Gasteiger partial charge on any atom is 0.282 e. The summed E-state index contributed by atoms with van der Waals surface area (Å²) in [5.41, 5.74) is 4.49. The number of hydrogen-bond acceptors (Lipinski definition) is 5. The summed E-state index contributed by atoms with van der Waals surface area (Å²) in [5, 5.41) is 7.74. The minimum atomic E-state index is -0.428. The van der Waals surface area contributed by atoms with Crippen molar-refractivity contribution in [3.8, 4) is 11.4 Å². The van der Waals surface area contributed by atoms with Crippen LogP contribution in [-0.4, -0.2) is 33.0 Å². The fraction of sp³-hybridized carbons (Fsp3) is 0.212. The Kier molecular flexibility index (Phi) is 8.86. The molecule has 1 N–H and O–H groups in total. The third-order valence-electron chi connectivity index (χ3n) is 7.24. The highest BCUT2D eigenvalue weighted by Gasteiger charge is 2.16. The van der Waals surface area contributed by atoms with Gasteiger partial charge in [0.1, 0.15) is 17.4 Å². The minimum Gasteiger partial charge on any atom is -0.484 e. The van der Waals surface area contributed by atoms with E-state index < -0.39 is 5.82 Å². The molecule has 0 radical (unpaired) electrons. The number of carbonyl (C=O) groups excluding carboxylic acids is 1. The Morgan fingerprint density at radius 3 is 2.60 bits per heavy atom. The molecule has 1 atom stereocenters. The second kappa shape index (κ2) is 12.7. The normalized spacial score (nSPS) is 12.1. The fourth-order valence-corrected chi connectivity index (χ4v) is 5.18. The second-order valence-corrected chi connectivity index (χ2v) is 11.2. The summed E-state index contributed by atoms with van der Waals surface area (Å²) in [6.45, 7) is 7.87. The van der Waals surface area contributed by atoms with Crippen molar-refractivity contribution in [2.24, 2.45) is 5.10 Å². The molecule has 2 aromatic heterocycles. The summed E-state index contributed by atoms with van der Waals surface area (Å²) in [7, 11) is 0. The van der Waals surface area contributed by atoms with E-state index in [-0.39, 0.29) is 24.0 Å². The third kappa shape index (κ3) is 6.59. The van der Waals surface area contributed by atoms with Gasteiger partial charge in [-0.2, -0.15) is 9.78 Å². The highest BCUT2D eigenvalue weighted by molar-refractivity contribution is 9.10. The molecule has 1 amide bonds. The van der Waals surface area contributed by atoms with Crippen LogP contribution in [0.2, 0.25) is 0 Å². The molecular formula is C33H31BrFN5O3. The topological polar surface area (TPSA) is 90.5 Å². The van der Waals surface area contributed by atoms with Crippen LogP contribution in [0.4, 0.5) is 10.1 Å². The van der Waals surface area contributed by atoms with Crippen LogP contribution in [0.5, 0.6) is 5.75 Å². The van der Waals surface area contributed by atoms with E-state index in [2.05, 4.69) is 37.8 Å². The molecule has 0 aliphatic rings. The molecule has 220 valence electrons. The molecule has 0 fully saturated rings. The summed E-state index contributed by atoms with van der Waals surface area (Å²) in [6.07, 6.45) is 2.52. The van der Waals surface area contributed by atoms with Gasteiger partial charge in [0.2, 0.25) is 0 Å². The van der Waals surface area contributed by atoms with Crippen molar-refractivity contribution in [2.75, 3.05) is 11.9 Å². The zero-order chi connectivity index (χ0) is 30.7. The van der Waals surface area contributed by atoms with Gasteiger partial charge in [-0.25, -0.2) is 9.37 Å². The number of benzene rings is 3. The quantitative estimate of drug-likeness (QED) is 0.173. The van der Waals surface area contributed by atoms with Gasteiger partial charge in [-0.05, 0) is 87.0 Å². The number of nitrogens with one attached hydrogen (secondary N) is 1. The lowest BCUT2D eigenvalue weighted by molar-refractivity contribution is -0.118. The van der Waals surface area contributed by atoms with Gasteiger partial charge >= 0.3 is 0 Å². The number of carbonyl (C=O) groups is 1. The Morgan fingerprint density at radius 2 is 1.88 bits per heavy atom. The van der Waals surface area contributed by atoms with E-state index in [4.69, 9.17) is 9.72 Å². The van der Waals surface area contributed by atoms with Crippen molar-refractivity contribution in [1.82, 2.24) is 14.2 Å². The predicted molar refractivity (Wildman–Crippen MR) is 171 cm³/mol. The lowest BCUT2D eigenvalue weighted by atomic mass is 10.1. The molecule has 10 heteroatoms. The average molecular weight is 645 g/mol. The lowest BCUT2D eigenvalue weighted by Crippen LogP contribution is -2.23. The van der Waals surface area contributed by atoms with Crippen LogP contribution in [0.3, 0.4) is 0 Å². The maximum absolute atomic E-state index is 13.5. The van der Waals surface area contributed by atoms with E-state index >= 15 is 0 Å². The monoisotopic (exact) mass is 643 g/mol. The van der Waals surface area contributed by atoms with Crippen molar-refractivity contribution < 1.29 is 13.9 Å². The van der Waals surface area contributed by atoms with Gasteiger partial charge in [0.25, 0.3) is 11.5 Å². The van der Waals surface area contributed by atoms with Crippen LogP contribution < -0.4 is 15.6 Å². The van der Waals surface area contributed by atoms with Gasteiger partial charge in [-0.15, -0.1) is 0 Å². The first-order valence-corrected chi connectivity index (χ1v) is 14.7. The molecule has 3 aromatic carbocycles. The van der Waals surface area contributed by atoms with Crippen LogP contribution in [0.15, 0.2) is 87.2 Å². The van der Waals surface area contributed by atoms with Crippen molar-refractivity contribution in [3.05, 3.63) is 116 Å². The zero-order valence-electron chi connectivity index (χ0n) is 24.3. The van der Waals surface area contributed by atoms with Crippen molar-refractivity contribution >= 4 is 44.6 Å². The smallest absolute Gasteiger partial charge is 0.282 e. The van der Waals surface area contributed by atoms with Gasteiger partial charge in [0, 0.05) is 38.7 Å². The van der Waals surface area contributed by atoms with Gasteiger partial charge in [-0.1, -0.05) is 35.8 Å². The van der Waals surface area contributed by atoms with Gasteiger partial charge < -0.3 is 14.6 Å². The van der Waals surface area contributed by atoms with Crippen LogP contribution in [0, 0.1) is 19.7 Å². The van der Waals surface area contributed by atoms with E-state index in [1.807, 2.05) is 51.1 Å². The molecule has 5 aromatic rings. The number of rotatable bonds is 9. The fourth-order valence-electron chi connectivity index (χ4n) is 4.82. The van der Waals surface area contributed by atoms with Gasteiger partial charge in [-0.3, -0.25) is 9.59 Å². The van der Waals surface area contributed by atoms with Crippen LogP contribution in [0.25, 0.3) is 16.6 Å². The first-order valence-electron chi connectivity index (χ1n) is 13.9. The molecule has 0 bridgehead atoms. The van der Waals surface area contributed by atoms with Crippen LogP contribution in [0.1, 0.15) is 49.0 Å².